The number of nitrogens with one attached hydrogen (secondary N) is 1. The van der Waals surface area contributed by atoms with Crippen molar-refractivity contribution in [3.63, 3.8) is 0 Å². The normalized spacial score (nSPS) is 43.4. The Morgan fingerprint density at radius 2 is 2.09 bits per heavy atom. The molecule has 0 spiro atoms. The molecule has 1 nitrogen and oxygen atoms in total. The molecule has 1 saturated heterocycles. The molecule has 2 rings (SSSR count). The van der Waals surface area contributed by atoms with Crippen molar-refractivity contribution in [1.29, 1.82) is 0 Å². The fourth-order valence-corrected chi connectivity index (χ4v) is 2.51. The zero-order valence-corrected chi connectivity index (χ0v) is 6.39. The molecular formula is C8H13F2N. The quantitative estimate of drug-likeness (QED) is 0.616. The van der Waals surface area contributed by atoms with Gasteiger partial charge in [-0.2, -0.15) is 0 Å². The van der Waals surface area contributed by atoms with Gasteiger partial charge >= 0.3 is 0 Å². The van der Waals surface area contributed by atoms with Crippen molar-refractivity contribution >= 4 is 0 Å². The lowest BCUT2D eigenvalue weighted by molar-refractivity contribution is 0.0849. The second-order valence-corrected chi connectivity index (χ2v) is 3.62. The average molecular weight is 161 g/mol. The Kier molecular flexibility index (Phi) is 1.83. The monoisotopic (exact) mass is 161 g/mol. The maximum Gasteiger partial charge on any atom is 0.253 e. The first-order chi connectivity index (χ1) is 5.29. The maximum atomic E-state index is 12.3. The van der Waals surface area contributed by atoms with Crippen LogP contribution in [0.3, 0.4) is 0 Å². The van der Waals surface area contributed by atoms with Crippen LogP contribution in [0.4, 0.5) is 8.78 Å². The molecule has 1 N–H and O–H groups in total. The molecule has 3 unspecified atom stereocenters. The van der Waals surface area contributed by atoms with Crippen LogP contribution in [0.2, 0.25) is 0 Å². The van der Waals surface area contributed by atoms with Gasteiger partial charge in [-0.25, -0.2) is 8.78 Å². The summed E-state index contributed by atoms with van der Waals surface area (Å²) in [7, 11) is 0. The van der Waals surface area contributed by atoms with Crippen molar-refractivity contribution in [3.05, 3.63) is 0 Å². The lowest BCUT2D eigenvalue weighted by Gasteiger charge is -2.16. The van der Waals surface area contributed by atoms with Gasteiger partial charge in [0.2, 0.25) is 0 Å². The van der Waals surface area contributed by atoms with Crippen LogP contribution in [-0.2, 0) is 0 Å². The van der Waals surface area contributed by atoms with Gasteiger partial charge in [0.05, 0.1) is 6.04 Å². The van der Waals surface area contributed by atoms with Gasteiger partial charge in [0.15, 0.2) is 0 Å². The summed E-state index contributed by atoms with van der Waals surface area (Å²) < 4.78 is 24.6. The summed E-state index contributed by atoms with van der Waals surface area (Å²) >= 11 is 0. The summed E-state index contributed by atoms with van der Waals surface area (Å²) in [6, 6.07) is -0.498. The molecule has 0 amide bonds. The lowest BCUT2D eigenvalue weighted by atomic mass is 9.94. The second-order valence-electron chi connectivity index (χ2n) is 3.62. The molecule has 1 saturated carbocycles. The van der Waals surface area contributed by atoms with Crippen molar-refractivity contribution in [2.75, 3.05) is 6.54 Å². The first-order valence-electron chi connectivity index (χ1n) is 4.30. The summed E-state index contributed by atoms with van der Waals surface area (Å²) in [5, 5.41) is 2.91. The smallest absolute Gasteiger partial charge is 0.253 e. The van der Waals surface area contributed by atoms with Crippen LogP contribution in [-0.4, -0.2) is 19.0 Å². The molecule has 2 aliphatic rings. The molecular weight excluding hydrogens is 148 g/mol. The van der Waals surface area contributed by atoms with E-state index in [1.165, 1.54) is 0 Å². The Bertz CT molecular complexity index is 149. The molecule has 11 heavy (non-hydrogen) atoms. The highest BCUT2D eigenvalue weighted by molar-refractivity contribution is 4.95. The first-order valence-corrected chi connectivity index (χ1v) is 4.30. The Morgan fingerprint density at radius 1 is 1.27 bits per heavy atom. The predicted octanol–water partition coefficient (Wildman–Crippen LogP) is 1.64. The van der Waals surface area contributed by atoms with Gasteiger partial charge in [-0.15, -0.1) is 0 Å². The van der Waals surface area contributed by atoms with Crippen LogP contribution < -0.4 is 5.32 Å². The van der Waals surface area contributed by atoms with E-state index in [2.05, 4.69) is 5.32 Å². The molecule has 0 bridgehead atoms. The number of halogens is 2. The standard InChI is InChI=1S/C8H13F2N/c9-8(10)7-6-3-1-2-5(6)4-11-7/h5-8,11H,1-4H2. The molecule has 0 aromatic carbocycles. The van der Waals surface area contributed by atoms with E-state index in [0.29, 0.717) is 5.92 Å². The van der Waals surface area contributed by atoms with E-state index < -0.39 is 12.5 Å². The van der Waals surface area contributed by atoms with Gasteiger partial charge in [-0.05, 0) is 31.2 Å². The van der Waals surface area contributed by atoms with Gasteiger partial charge in [-0.1, -0.05) is 6.42 Å². The molecule has 3 heteroatoms. The predicted molar refractivity (Wildman–Crippen MR) is 38.6 cm³/mol. The minimum atomic E-state index is -2.16. The molecule has 1 heterocycles. The van der Waals surface area contributed by atoms with E-state index in [1.54, 1.807) is 0 Å². The third-order valence-corrected chi connectivity index (χ3v) is 3.07. The summed E-state index contributed by atoms with van der Waals surface area (Å²) in [6.07, 6.45) is 1.15. The van der Waals surface area contributed by atoms with Crippen LogP contribution >= 0.6 is 0 Å². The largest absolute Gasteiger partial charge is 0.308 e. The molecule has 64 valence electrons. The van der Waals surface area contributed by atoms with Crippen molar-refractivity contribution < 1.29 is 8.78 Å². The van der Waals surface area contributed by atoms with Gasteiger partial charge in [0.1, 0.15) is 0 Å². The topological polar surface area (TPSA) is 12.0 Å². The Balaban J connectivity index is 2.03. The highest BCUT2D eigenvalue weighted by Crippen LogP contribution is 2.39. The lowest BCUT2D eigenvalue weighted by Crippen LogP contribution is -2.33. The van der Waals surface area contributed by atoms with E-state index in [0.717, 1.165) is 25.8 Å². The minimum absolute atomic E-state index is 0.273. The second kappa shape index (κ2) is 2.70. The number of hydrogen-bond acceptors (Lipinski definition) is 1. The molecule has 2 fully saturated rings. The van der Waals surface area contributed by atoms with E-state index in [4.69, 9.17) is 0 Å². The van der Waals surface area contributed by atoms with Crippen LogP contribution in [0, 0.1) is 11.8 Å². The summed E-state index contributed by atoms with van der Waals surface area (Å²) in [5.74, 6) is 0.823. The van der Waals surface area contributed by atoms with Gasteiger partial charge in [0, 0.05) is 0 Å². The van der Waals surface area contributed by atoms with Gasteiger partial charge < -0.3 is 5.32 Å². The molecule has 0 radical (unpaired) electrons. The number of alkyl halides is 2. The third-order valence-electron chi connectivity index (χ3n) is 3.07. The highest BCUT2D eigenvalue weighted by Gasteiger charge is 2.42. The van der Waals surface area contributed by atoms with Crippen LogP contribution in [0.5, 0.6) is 0 Å². The zero-order valence-electron chi connectivity index (χ0n) is 6.39. The minimum Gasteiger partial charge on any atom is -0.308 e. The SMILES string of the molecule is FC(F)C1NCC2CCCC21. The molecule has 1 aliphatic heterocycles. The van der Waals surface area contributed by atoms with E-state index in [1.807, 2.05) is 0 Å². The first kappa shape index (κ1) is 7.47. The van der Waals surface area contributed by atoms with Crippen LogP contribution in [0.15, 0.2) is 0 Å². The molecule has 0 aromatic heterocycles. The Hall–Kier alpha value is -0.180. The molecule has 3 atom stereocenters. The Morgan fingerprint density at radius 3 is 2.82 bits per heavy atom. The molecule has 1 aliphatic carbocycles. The molecule has 0 aromatic rings. The van der Waals surface area contributed by atoms with E-state index >= 15 is 0 Å². The highest BCUT2D eigenvalue weighted by atomic mass is 19.3. The Labute approximate surface area is 65.2 Å². The van der Waals surface area contributed by atoms with Crippen LogP contribution in [0.25, 0.3) is 0 Å². The number of hydrogen-bond donors (Lipinski definition) is 1. The summed E-state index contributed by atoms with van der Waals surface area (Å²) in [6.45, 7) is 0.819. The number of fused-ring (bicyclic) bond motifs is 1. The van der Waals surface area contributed by atoms with E-state index in [9.17, 15) is 8.78 Å². The van der Waals surface area contributed by atoms with E-state index in [-0.39, 0.29) is 5.92 Å². The average Bonchev–Trinajstić information content (AvgIpc) is 2.41. The summed E-state index contributed by atoms with van der Waals surface area (Å²) in [4.78, 5) is 0. The van der Waals surface area contributed by atoms with Crippen molar-refractivity contribution in [2.45, 2.75) is 31.7 Å². The van der Waals surface area contributed by atoms with Crippen molar-refractivity contribution in [1.82, 2.24) is 5.32 Å². The number of rotatable bonds is 1. The maximum absolute atomic E-state index is 12.3. The van der Waals surface area contributed by atoms with Gasteiger partial charge in [-0.3, -0.25) is 0 Å². The fourth-order valence-electron chi connectivity index (χ4n) is 2.51. The fraction of sp³-hybridized carbons (Fsp3) is 1.00. The third kappa shape index (κ3) is 1.15. The van der Waals surface area contributed by atoms with Gasteiger partial charge in [0.25, 0.3) is 6.43 Å². The van der Waals surface area contributed by atoms with Crippen LogP contribution in [0.1, 0.15) is 19.3 Å². The summed E-state index contributed by atoms with van der Waals surface area (Å²) in [5.41, 5.74) is 0. The van der Waals surface area contributed by atoms with Crippen molar-refractivity contribution in [2.24, 2.45) is 11.8 Å². The van der Waals surface area contributed by atoms with Crippen molar-refractivity contribution in [3.8, 4) is 0 Å². The zero-order chi connectivity index (χ0) is 7.84.